The van der Waals surface area contributed by atoms with Gasteiger partial charge in [0.05, 0.1) is 12.2 Å². The molecule has 0 amide bonds. The lowest BCUT2D eigenvalue weighted by Gasteiger charge is -2.39. The number of hydrogen-bond acceptors (Lipinski definition) is 3. The zero-order valence-electron chi connectivity index (χ0n) is 11.6. The van der Waals surface area contributed by atoms with Gasteiger partial charge in [-0.05, 0) is 44.9 Å². The lowest BCUT2D eigenvalue weighted by Crippen LogP contribution is -2.49. The van der Waals surface area contributed by atoms with Crippen molar-refractivity contribution in [2.75, 3.05) is 18.8 Å². The number of anilines is 1. The molecular weight excluding hydrogens is 224 g/mol. The van der Waals surface area contributed by atoms with Crippen molar-refractivity contribution in [2.24, 2.45) is 0 Å². The summed E-state index contributed by atoms with van der Waals surface area (Å²) in [5, 5.41) is 0. The molecule has 18 heavy (non-hydrogen) atoms. The maximum Gasteiger partial charge on any atom is 0.0678 e. The van der Waals surface area contributed by atoms with Crippen LogP contribution < -0.4 is 5.73 Å². The average molecular weight is 248 g/mol. The Balaban J connectivity index is 1.94. The maximum absolute atomic E-state index is 5.77. The Hall–Kier alpha value is -1.06. The smallest absolute Gasteiger partial charge is 0.0678 e. The van der Waals surface area contributed by atoms with Gasteiger partial charge in [0.2, 0.25) is 0 Å². The fourth-order valence-electron chi connectivity index (χ4n) is 2.70. The third-order valence-electron chi connectivity index (χ3n) is 3.58. The predicted octanol–water partition coefficient (Wildman–Crippen LogP) is 2.31. The number of hydrogen-bond donors (Lipinski definition) is 1. The van der Waals surface area contributed by atoms with Crippen LogP contribution >= 0.6 is 0 Å². The van der Waals surface area contributed by atoms with Gasteiger partial charge < -0.3 is 10.5 Å². The highest BCUT2D eigenvalue weighted by Crippen LogP contribution is 2.17. The number of nitrogen functional groups attached to an aromatic ring is 1. The first-order valence-corrected chi connectivity index (χ1v) is 6.78. The van der Waals surface area contributed by atoms with Crippen LogP contribution in [-0.2, 0) is 11.2 Å². The number of nitrogens with two attached hydrogens (primary N) is 1. The van der Waals surface area contributed by atoms with E-state index in [0.717, 1.165) is 25.2 Å². The summed E-state index contributed by atoms with van der Waals surface area (Å²) in [4.78, 5) is 2.52. The molecule has 0 aromatic heterocycles. The summed E-state index contributed by atoms with van der Waals surface area (Å²) in [6.45, 7) is 8.65. The van der Waals surface area contributed by atoms with E-state index in [1.165, 1.54) is 5.56 Å². The van der Waals surface area contributed by atoms with E-state index in [9.17, 15) is 0 Å². The third kappa shape index (κ3) is 3.47. The zero-order chi connectivity index (χ0) is 13.1. The predicted molar refractivity (Wildman–Crippen MR) is 75.6 cm³/mol. The molecule has 0 saturated carbocycles. The van der Waals surface area contributed by atoms with Crippen molar-refractivity contribution < 1.29 is 4.74 Å². The molecular formula is C15H24N2O. The summed E-state index contributed by atoms with van der Waals surface area (Å²) in [5.41, 5.74) is 7.89. The summed E-state index contributed by atoms with van der Waals surface area (Å²) in [6.07, 6.45) is 1.74. The molecule has 0 spiro atoms. The van der Waals surface area contributed by atoms with E-state index in [1.54, 1.807) is 0 Å². The minimum atomic E-state index is 0.336. The standard InChI is InChI=1S/C15H24N2O/c1-11(8-14-4-6-15(16)7-5-14)17-9-12(2)18-13(3)10-17/h4-7,11-13H,8-10,16H2,1-3H3. The van der Waals surface area contributed by atoms with Crippen molar-refractivity contribution in [1.29, 1.82) is 0 Å². The van der Waals surface area contributed by atoms with E-state index in [0.29, 0.717) is 18.2 Å². The van der Waals surface area contributed by atoms with Crippen molar-refractivity contribution in [2.45, 2.75) is 45.4 Å². The number of morpholine rings is 1. The quantitative estimate of drug-likeness (QED) is 0.834. The van der Waals surface area contributed by atoms with Gasteiger partial charge in [0.15, 0.2) is 0 Å². The van der Waals surface area contributed by atoms with Gasteiger partial charge in [0, 0.05) is 24.8 Å². The number of benzene rings is 1. The molecule has 1 aromatic carbocycles. The van der Waals surface area contributed by atoms with E-state index >= 15 is 0 Å². The molecule has 2 rings (SSSR count). The van der Waals surface area contributed by atoms with Gasteiger partial charge in [-0.3, -0.25) is 4.90 Å². The number of rotatable bonds is 3. The maximum atomic E-state index is 5.77. The highest BCUT2D eigenvalue weighted by atomic mass is 16.5. The lowest BCUT2D eigenvalue weighted by atomic mass is 10.0. The molecule has 1 saturated heterocycles. The van der Waals surface area contributed by atoms with Crippen LogP contribution in [0.3, 0.4) is 0 Å². The summed E-state index contributed by atoms with van der Waals surface area (Å²) in [6, 6.07) is 8.75. The van der Waals surface area contributed by atoms with Crippen LogP contribution in [0.25, 0.3) is 0 Å². The molecule has 3 heteroatoms. The molecule has 0 aliphatic carbocycles. The zero-order valence-corrected chi connectivity index (χ0v) is 11.6. The van der Waals surface area contributed by atoms with Crippen LogP contribution in [0.2, 0.25) is 0 Å². The summed E-state index contributed by atoms with van der Waals surface area (Å²) in [7, 11) is 0. The first kappa shape index (κ1) is 13.4. The topological polar surface area (TPSA) is 38.5 Å². The second-order valence-electron chi connectivity index (χ2n) is 5.51. The molecule has 0 radical (unpaired) electrons. The molecule has 1 heterocycles. The molecule has 3 unspecified atom stereocenters. The van der Waals surface area contributed by atoms with Crippen LogP contribution in [0.1, 0.15) is 26.3 Å². The van der Waals surface area contributed by atoms with Crippen molar-refractivity contribution in [3.63, 3.8) is 0 Å². The highest BCUT2D eigenvalue weighted by molar-refractivity contribution is 5.39. The van der Waals surface area contributed by atoms with Gasteiger partial charge in [0.1, 0.15) is 0 Å². The van der Waals surface area contributed by atoms with E-state index in [1.807, 2.05) is 12.1 Å². The Morgan fingerprint density at radius 1 is 1.22 bits per heavy atom. The fraction of sp³-hybridized carbons (Fsp3) is 0.600. The Morgan fingerprint density at radius 2 is 1.78 bits per heavy atom. The Labute approximate surface area is 110 Å². The van der Waals surface area contributed by atoms with Gasteiger partial charge in [-0.15, -0.1) is 0 Å². The molecule has 0 bridgehead atoms. The Kier molecular flexibility index (Phi) is 4.25. The van der Waals surface area contributed by atoms with E-state index in [2.05, 4.69) is 37.8 Å². The molecule has 100 valence electrons. The van der Waals surface area contributed by atoms with Crippen molar-refractivity contribution in [3.05, 3.63) is 29.8 Å². The van der Waals surface area contributed by atoms with Crippen LogP contribution in [0.15, 0.2) is 24.3 Å². The molecule has 1 aliphatic rings. The van der Waals surface area contributed by atoms with Crippen LogP contribution in [0, 0.1) is 0 Å². The van der Waals surface area contributed by atoms with E-state index in [4.69, 9.17) is 10.5 Å². The molecule has 3 atom stereocenters. The molecule has 1 aromatic rings. The van der Waals surface area contributed by atoms with Crippen LogP contribution in [-0.4, -0.2) is 36.2 Å². The second kappa shape index (κ2) is 5.72. The Bertz CT molecular complexity index is 367. The van der Waals surface area contributed by atoms with Gasteiger partial charge >= 0.3 is 0 Å². The van der Waals surface area contributed by atoms with Crippen molar-refractivity contribution in [1.82, 2.24) is 4.90 Å². The summed E-state index contributed by atoms with van der Waals surface area (Å²) < 4.78 is 5.77. The molecule has 3 nitrogen and oxygen atoms in total. The van der Waals surface area contributed by atoms with Gasteiger partial charge in [-0.2, -0.15) is 0 Å². The van der Waals surface area contributed by atoms with Gasteiger partial charge in [-0.1, -0.05) is 12.1 Å². The number of ether oxygens (including phenoxy) is 1. The molecule has 2 N–H and O–H groups in total. The largest absolute Gasteiger partial charge is 0.399 e. The monoisotopic (exact) mass is 248 g/mol. The van der Waals surface area contributed by atoms with E-state index in [-0.39, 0.29) is 0 Å². The van der Waals surface area contributed by atoms with Gasteiger partial charge in [0.25, 0.3) is 0 Å². The summed E-state index contributed by atoms with van der Waals surface area (Å²) in [5.74, 6) is 0. The van der Waals surface area contributed by atoms with Gasteiger partial charge in [-0.25, -0.2) is 0 Å². The average Bonchev–Trinajstić information content (AvgIpc) is 2.31. The van der Waals surface area contributed by atoms with Crippen molar-refractivity contribution in [3.8, 4) is 0 Å². The first-order chi connectivity index (χ1) is 8.54. The van der Waals surface area contributed by atoms with Crippen molar-refractivity contribution >= 4 is 5.69 Å². The number of nitrogens with zero attached hydrogens (tertiary/aromatic N) is 1. The first-order valence-electron chi connectivity index (χ1n) is 6.78. The fourth-order valence-corrected chi connectivity index (χ4v) is 2.70. The minimum Gasteiger partial charge on any atom is -0.399 e. The molecule has 1 aliphatic heterocycles. The Morgan fingerprint density at radius 3 is 2.33 bits per heavy atom. The van der Waals surface area contributed by atoms with E-state index < -0.39 is 0 Å². The third-order valence-corrected chi connectivity index (χ3v) is 3.58. The summed E-state index contributed by atoms with van der Waals surface area (Å²) >= 11 is 0. The normalized spacial score (nSPS) is 27.1. The lowest BCUT2D eigenvalue weighted by molar-refractivity contribution is -0.0782. The SMILES string of the molecule is CC1CN(C(C)Cc2ccc(N)cc2)CC(C)O1. The van der Waals surface area contributed by atoms with Crippen LogP contribution in [0.5, 0.6) is 0 Å². The second-order valence-corrected chi connectivity index (χ2v) is 5.51. The minimum absolute atomic E-state index is 0.336. The molecule has 1 fully saturated rings. The van der Waals surface area contributed by atoms with Crippen LogP contribution in [0.4, 0.5) is 5.69 Å². The highest BCUT2D eigenvalue weighted by Gasteiger charge is 2.25.